The minimum absolute atomic E-state index is 0.0439. The van der Waals surface area contributed by atoms with Crippen LogP contribution in [-0.2, 0) is 12.8 Å². The van der Waals surface area contributed by atoms with Crippen molar-refractivity contribution < 1.29 is 15.3 Å². The van der Waals surface area contributed by atoms with E-state index in [1.165, 1.54) is 0 Å². The van der Waals surface area contributed by atoms with E-state index in [4.69, 9.17) is 0 Å². The molecule has 0 amide bonds. The van der Waals surface area contributed by atoms with Crippen molar-refractivity contribution in [2.24, 2.45) is 0 Å². The Labute approximate surface area is 112 Å². The number of rotatable bonds is 3. The average molecular weight is 258 g/mol. The van der Waals surface area contributed by atoms with Gasteiger partial charge in [-0.1, -0.05) is 19.9 Å². The molecule has 0 aliphatic carbocycles. The molecular weight excluding hydrogens is 240 g/mol. The highest BCUT2D eigenvalue weighted by Gasteiger charge is 2.15. The summed E-state index contributed by atoms with van der Waals surface area (Å²) in [5, 5.41) is 29.9. The van der Waals surface area contributed by atoms with Gasteiger partial charge in [-0.3, -0.25) is 0 Å². The normalized spacial score (nSPS) is 10.6. The Morgan fingerprint density at radius 2 is 1.37 bits per heavy atom. The third kappa shape index (κ3) is 2.36. The van der Waals surface area contributed by atoms with E-state index >= 15 is 0 Å². The van der Waals surface area contributed by atoms with Crippen LogP contribution in [-0.4, -0.2) is 15.3 Å². The Morgan fingerprint density at radius 3 is 1.89 bits per heavy atom. The van der Waals surface area contributed by atoms with Crippen LogP contribution >= 0.6 is 0 Å². The summed E-state index contributed by atoms with van der Waals surface area (Å²) in [5.74, 6) is 0.350. The molecule has 0 atom stereocenters. The lowest BCUT2D eigenvalue weighted by atomic mass is 9.93. The molecule has 0 radical (unpaired) electrons. The molecule has 0 aromatic heterocycles. The van der Waals surface area contributed by atoms with Crippen LogP contribution in [0.25, 0.3) is 11.1 Å². The molecule has 3 N–H and O–H groups in total. The van der Waals surface area contributed by atoms with Crippen LogP contribution in [0.15, 0.2) is 30.3 Å². The third-order valence-corrected chi connectivity index (χ3v) is 3.36. The predicted molar refractivity (Wildman–Crippen MR) is 75.6 cm³/mol. The minimum atomic E-state index is 0.0439. The van der Waals surface area contributed by atoms with Gasteiger partial charge in [0.25, 0.3) is 0 Å². The highest BCUT2D eigenvalue weighted by Crippen LogP contribution is 2.40. The number of phenols is 3. The van der Waals surface area contributed by atoms with Crippen LogP contribution in [0.2, 0.25) is 0 Å². The molecule has 3 heteroatoms. The van der Waals surface area contributed by atoms with Crippen LogP contribution in [0.3, 0.4) is 0 Å². The van der Waals surface area contributed by atoms with E-state index in [9.17, 15) is 15.3 Å². The van der Waals surface area contributed by atoms with Gasteiger partial charge in [-0.05, 0) is 53.8 Å². The summed E-state index contributed by atoms with van der Waals surface area (Å²) in [4.78, 5) is 0. The van der Waals surface area contributed by atoms with E-state index in [1.54, 1.807) is 24.3 Å². The van der Waals surface area contributed by atoms with Gasteiger partial charge in [0.15, 0.2) is 0 Å². The number of aryl methyl sites for hydroxylation is 2. The monoisotopic (exact) mass is 258 g/mol. The molecule has 0 unspecified atom stereocenters. The topological polar surface area (TPSA) is 60.7 Å². The van der Waals surface area contributed by atoms with Crippen molar-refractivity contribution in [3.63, 3.8) is 0 Å². The number of aromatic hydroxyl groups is 3. The summed E-state index contributed by atoms with van der Waals surface area (Å²) in [6.45, 7) is 3.93. The van der Waals surface area contributed by atoms with Crippen molar-refractivity contribution in [2.45, 2.75) is 26.7 Å². The van der Waals surface area contributed by atoms with Gasteiger partial charge in [0.2, 0.25) is 0 Å². The van der Waals surface area contributed by atoms with Crippen LogP contribution in [0.5, 0.6) is 17.2 Å². The van der Waals surface area contributed by atoms with Crippen molar-refractivity contribution in [3.05, 3.63) is 41.5 Å². The van der Waals surface area contributed by atoms with Crippen molar-refractivity contribution in [1.29, 1.82) is 0 Å². The zero-order valence-electron chi connectivity index (χ0n) is 11.1. The van der Waals surface area contributed by atoms with E-state index in [0.29, 0.717) is 18.4 Å². The lowest BCUT2D eigenvalue weighted by Gasteiger charge is -2.14. The fraction of sp³-hybridized carbons (Fsp3) is 0.250. The molecule has 0 aliphatic heterocycles. The Kier molecular flexibility index (Phi) is 3.65. The first-order chi connectivity index (χ1) is 9.08. The predicted octanol–water partition coefficient (Wildman–Crippen LogP) is 3.60. The van der Waals surface area contributed by atoms with Gasteiger partial charge in [0, 0.05) is 0 Å². The Hall–Kier alpha value is -2.16. The molecule has 3 nitrogen and oxygen atoms in total. The molecule has 2 aromatic carbocycles. The van der Waals surface area contributed by atoms with Gasteiger partial charge in [-0.15, -0.1) is 0 Å². The summed E-state index contributed by atoms with van der Waals surface area (Å²) in [6, 6.07) is 8.24. The number of hydrogen-bond acceptors (Lipinski definition) is 3. The van der Waals surface area contributed by atoms with Crippen LogP contribution in [0, 0.1) is 0 Å². The van der Waals surface area contributed by atoms with E-state index in [0.717, 1.165) is 16.7 Å². The summed E-state index contributed by atoms with van der Waals surface area (Å²) in [7, 11) is 0. The van der Waals surface area contributed by atoms with Crippen LogP contribution < -0.4 is 0 Å². The molecule has 0 aliphatic rings. The zero-order valence-corrected chi connectivity index (χ0v) is 11.1. The van der Waals surface area contributed by atoms with Crippen LogP contribution in [0.4, 0.5) is 0 Å². The maximum Gasteiger partial charge on any atom is 0.127 e. The average Bonchev–Trinajstić information content (AvgIpc) is 2.39. The Bertz CT molecular complexity index is 583. The molecule has 100 valence electrons. The molecular formula is C16H18O3. The summed E-state index contributed by atoms with van der Waals surface area (Å²) < 4.78 is 0. The fourth-order valence-corrected chi connectivity index (χ4v) is 2.29. The Balaban J connectivity index is 2.73. The summed E-state index contributed by atoms with van der Waals surface area (Å²) in [5.41, 5.74) is 2.89. The van der Waals surface area contributed by atoms with Gasteiger partial charge in [-0.2, -0.15) is 0 Å². The summed E-state index contributed by atoms with van der Waals surface area (Å²) >= 11 is 0. The first-order valence-corrected chi connectivity index (χ1v) is 6.44. The molecule has 0 fully saturated rings. The van der Waals surface area contributed by atoms with E-state index in [-0.39, 0.29) is 17.2 Å². The lowest BCUT2D eigenvalue weighted by Crippen LogP contribution is -1.93. The van der Waals surface area contributed by atoms with Gasteiger partial charge in [-0.25, -0.2) is 0 Å². The summed E-state index contributed by atoms with van der Waals surface area (Å²) in [6.07, 6.45) is 1.40. The van der Waals surface area contributed by atoms with Crippen molar-refractivity contribution in [2.75, 3.05) is 0 Å². The molecule has 2 rings (SSSR count). The SMILES string of the molecule is CCc1cc(-c2c(O)cccc2O)c(CC)cc1O. The molecule has 0 saturated carbocycles. The number of phenolic OH excluding ortho intramolecular Hbond substituents is 3. The van der Waals surface area contributed by atoms with Gasteiger partial charge < -0.3 is 15.3 Å². The second kappa shape index (κ2) is 5.22. The third-order valence-electron chi connectivity index (χ3n) is 3.36. The molecule has 2 aromatic rings. The number of hydrogen-bond donors (Lipinski definition) is 3. The molecule has 0 saturated heterocycles. The standard InChI is InChI=1S/C16H18O3/c1-3-10-9-15(19)11(4-2)8-12(10)16-13(17)6-5-7-14(16)18/h5-9,17-19H,3-4H2,1-2H3. The van der Waals surface area contributed by atoms with Gasteiger partial charge in [0.05, 0.1) is 5.56 Å². The van der Waals surface area contributed by atoms with E-state index in [2.05, 4.69) is 0 Å². The highest BCUT2D eigenvalue weighted by atomic mass is 16.3. The quantitative estimate of drug-likeness (QED) is 0.788. The first-order valence-electron chi connectivity index (χ1n) is 6.44. The van der Waals surface area contributed by atoms with Crippen LogP contribution in [0.1, 0.15) is 25.0 Å². The molecule has 0 bridgehead atoms. The molecule has 0 heterocycles. The van der Waals surface area contributed by atoms with Crippen molar-refractivity contribution in [1.82, 2.24) is 0 Å². The largest absolute Gasteiger partial charge is 0.508 e. The fourth-order valence-electron chi connectivity index (χ4n) is 2.29. The zero-order chi connectivity index (χ0) is 14.0. The first kappa shape index (κ1) is 13.3. The Morgan fingerprint density at radius 1 is 0.789 bits per heavy atom. The maximum atomic E-state index is 9.98. The highest BCUT2D eigenvalue weighted by molar-refractivity contribution is 5.79. The van der Waals surface area contributed by atoms with Gasteiger partial charge >= 0.3 is 0 Å². The maximum absolute atomic E-state index is 9.98. The molecule has 19 heavy (non-hydrogen) atoms. The molecule has 0 spiro atoms. The lowest BCUT2D eigenvalue weighted by molar-refractivity contribution is 0.453. The van der Waals surface area contributed by atoms with Gasteiger partial charge in [0.1, 0.15) is 17.2 Å². The van der Waals surface area contributed by atoms with Crippen molar-refractivity contribution >= 4 is 0 Å². The minimum Gasteiger partial charge on any atom is -0.508 e. The van der Waals surface area contributed by atoms with E-state index in [1.807, 2.05) is 19.9 Å². The van der Waals surface area contributed by atoms with E-state index < -0.39 is 0 Å². The van der Waals surface area contributed by atoms with Crippen molar-refractivity contribution in [3.8, 4) is 28.4 Å². The number of benzene rings is 2. The second-order valence-corrected chi connectivity index (χ2v) is 4.52. The smallest absolute Gasteiger partial charge is 0.127 e. The second-order valence-electron chi connectivity index (χ2n) is 4.52.